The van der Waals surface area contributed by atoms with Crippen molar-refractivity contribution >= 4 is 5.78 Å². The smallest absolute Gasteiger partial charge is 0.164 e. The standard InChI is InChI=1S/C11H14FNO/c1-2-8-3-4-9(12)7-10(8)11(14)5-6-13/h3-4,7H,2,5-6,13H2,1H3. The van der Waals surface area contributed by atoms with Crippen molar-refractivity contribution in [2.45, 2.75) is 19.8 Å². The lowest BCUT2D eigenvalue weighted by Gasteiger charge is -2.05. The predicted octanol–water partition coefficient (Wildman–Crippen LogP) is 1.92. The third-order valence-electron chi connectivity index (χ3n) is 2.12. The van der Waals surface area contributed by atoms with Gasteiger partial charge in [-0.15, -0.1) is 0 Å². The van der Waals surface area contributed by atoms with Crippen LogP contribution >= 0.6 is 0 Å². The molecule has 1 aromatic carbocycles. The predicted molar refractivity (Wildman–Crippen MR) is 53.8 cm³/mol. The first-order chi connectivity index (χ1) is 6.69. The summed E-state index contributed by atoms with van der Waals surface area (Å²) in [4.78, 5) is 11.5. The van der Waals surface area contributed by atoms with Crippen LogP contribution in [0.5, 0.6) is 0 Å². The number of aryl methyl sites for hydroxylation is 1. The second-order valence-corrected chi connectivity index (χ2v) is 3.12. The van der Waals surface area contributed by atoms with Crippen molar-refractivity contribution in [2.24, 2.45) is 5.73 Å². The van der Waals surface area contributed by atoms with E-state index in [1.54, 1.807) is 6.07 Å². The van der Waals surface area contributed by atoms with Gasteiger partial charge in [-0.3, -0.25) is 4.79 Å². The number of ketones is 1. The third kappa shape index (κ3) is 2.39. The molecule has 0 unspecified atom stereocenters. The maximum Gasteiger partial charge on any atom is 0.164 e. The van der Waals surface area contributed by atoms with Gasteiger partial charge in [0, 0.05) is 12.0 Å². The molecule has 14 heavy (non-hydrogen) atoms. The highest BCUT2D eigenvalue weighted by Crippen LogP contribution is 2.13. The van der Waals surface area contributed by atoms with E-state index in [0.717, 1.165) is 12.0 Å². The zero-order valence-corrected chi connectivity index (χ0v) is 8.22. The van der Waals surface area contributed by atoms with E-state index >= 15 is 0 Å². The lowest BCUT2D eigenvalue weighted by atomic mass is 10.00. The number of hydrogen-bond donors (Lipinski definition) is 1. The van der Waals surface area contributed by atoms with Crippen molar-refractivity contribution in [1.82, 2.24) is 0 Å². The van der Waals surface area contributed by atoms with Crippen LogP contribution in [0.3, 0.4) is 0 Å². The van der Waals surface area contributed by atoms with Gasteiger partial charge >= 0.3 is 0 Å². The van der Waals surface area contributed by atoms with Crippen LogP contribution in [0.1, 0.15) is 29.3 Å². The van der Waals surface area contributed by atoms with Crippen LogP contribution in [0.2, 0.25) is 0 Å². The van der Waals surface area contributed by atoms with Crippen LogP contribution < -0.4 is 5.73 Å². The van der Waals surface area contributed by atoms with Crippen molar-refractivity contribution in [3.63, 3.8) is 0 Å². The number of halogens is 1. The Morgan fingerprint density at radius 3 is 2.79 bits per heavy atom. The zero-order chi connectivity index (χ0) is 10.6. The molecule has 0 heterocycles. The average molecular weight is 195 g/mol. The topological polar surface area (TPSA) is 43.1 Å². The van der Waals surface area contributed by atoms with Crippen LogP contribution in [-0.2, 0) is 6.42 Å². The van der Waals surface area contributed by atoms with Crippen molar-refractivity contribution in [3.8, 4) is 0 Å². The number of hydrogen-bond acceptors (Lipinski definition) is 2. The van der Waals surface area contributed by atoms with Gasteiger partial charge in [-0.1, -0.05) is 13.0 Å². The summed E-state index contributed by atoms with van der Waals surface area (Å²) in [6, 6.07) is 4.31. The molecule has 0 aliphatic rings. The van der Waals surface area contributed by atoms with Gasteiger partial charge in [0.2, 0.25) is 0 Å². The van der Waals surface area contributed by atoms with E-state index < -0.39 is 0 Å². The monoisotopic (exact) mass is 195 g/mol. The fraction of sp³-hybridized carbons (Fsp3) is 0.364. The molecule has 0 saturated carbocycles. The summed E-state index contributed by atoms with van der Waals surface area (Å²) in [5.41, 5.74) is 6.63. The minimum absolute atomic E-state index is 0.0798. The maximum atomic E-state index is 12.9. The quantitative estimate of drug-likeness (QED) is 0.746. The average Bonchev–Trinajstić information content (AvgIpc) is 2.18. The SMILES string of the molecule is CCc1ccc(F)cc1C(=O)CCN. The van der Waals surface area contributed by atoms with E-state index in [1.165, 1.54) is 12.1 Å². The van der Waals surface area contributed by atoms with Crippen molar-refractivity contribution in [3.05, 3.63) is 35.1 Å². The summed E-state index contributed by atoms with van der Waals surface area (Å²) in [5.74, 6) is -0.452. The molecule has 0 radical (unpaired) electrons. The van der Waals surface area contributed by atoms with Gasteiger partial charge in [0.05, 0.1) is 0 Å². The second kappa shape index (κ2) is 4.86. The lowest BCUT2D eigenvalue weighted by Crippen LogP contribution is -2.10. The molecule has 0 aliphatic heterocycles. The highest BCUT2D eigenvalue weighted by molar-refractivity contribution is 5.97. The van der Waals surface area contributed by atoms with Gasteiger partial charge in [0.25, 0.3) is 0 Å². The van der Waals surface area contributed by atoms with E-state index in [4.69, 9.17) is 5.73 Å². The Bertz CT molecular complexity index is 336. The van der Waals surface area contributed by atoms with Crippen molar-refractivity contribution in [1.29, 1.82) is 0 Å². The van der Waals surface area contributed by atoms with Crippen LogP contribution in [0.25, 0.3) is 0 Å². The highest BCUT2D eigenvalue weighted by Gasteiger charge is 2.10. The van der Waals surface area contributed by atoms with Crippen LogP contribution in [0, 0.1) is 5.82 Å². The van der Waals surface area contributed by atoms with E-state index in [-0.39, 0.29) is 18.0 Å². The molecule has 1 aromatic rings. The molecule has 0 spiro atoms. The highest BCUT2D eigenvalue weighted by atomic mass is 19.1. The number of carbonyl (C=O) groups is 1. The van der Waals surface area contributed by atoms with Gasteiger partial charge in [-0.2, -0.15) is 0 Å². The van der Waals surface area contributed by atoms with E-state index in [1.807, 2.05) is 6.92 Å². The summed E-state index contributed by atoms with van der Waals surface area (Å²) in [6.45, 7) is 2.24. The number of benzene rings is 1. The van der Waals surface area contributed by atoms with Crippen LogP contribution in [-0.4, -0.2) is 12.3 Å². The first-order valence-electron chi connectivity index (χ1n) is 4.70. The maximum absolute atomic E-state index is 12.9. The van der Waals surface area contributed by atoms with Crippen LogP contribution in [0.4, 0.5) is 4.39 Å². The molecule has 1 rings (SSSR count). The Morgan fingerprint density at radius 1 is 1.50 bits per heavy atom. The third-order valence-corrected chi connectivity index (χ3v) is 2.12. The lowest BCUT2D eigenvalue weighted by molar-refractivity contribution is 0.0984. The molecule has 76 valence electrons. The number of nitrogens with two attached hydrogens (primary N) is 1. The first-order valence-corrected chi connectivity index (χ1v) is 4.70. The van der Waals surface area contributed by atoms with Gasteiger partial charge < -0.3 is 5.73 Å². The summed E-state index contributed by atoms with van der Waals surface area (Å²) >= 11 is 0. The molecule has 0 aliphatic carbocycles. The van der Waals surface area contributed by atoms with Gasteiger partial charge in [-0.05, 0) is 30.7 Å². The molecule has 2 nitrogen and oxygen atoms in total. The van der Waals surface area contributed by atoms with Crippen LogP contribution in [0.15, 0.2) is 18.2 Å². The van der Waals surface area contributed by atoms with Crippen molar-refractivity contribution in [2.75, 3.05) is 6.54 Å². The Hall–Kier alpha value is -1.22. The largest absolute Gasteiger partial charge is 0.330 e. The molecule has 3 heteroatoms. The summed E-state index contributed by atoms with van der Waals surface area (Å²) in [5, 5.41) is 0. The summed E-state index contributed by atoms with van der Waals surface area (Å²) in [6.07, 6.45) is 1.00. The molecule has 0 aromatic heterocycles. The second-order valence-electron chi connectivity index (χ2n) is 3.12. The fourth-order valence-corrected chi connectivity index (χ4v) is 1.38. The summed E-state index contributed by atoms with van der Waals surface area (Å²) in [7, 11) is 0. The molecule has 0 atom stereocenters. The summed E-state index contributed by atoms with van der Waals surface area (Å²) < 4.78 is 12.9. The molecule has 0 bridgehead atoms. The zero-order valence-electron chi connectivity index (χ0n) is 8.22. The van der Waals surface area contributed by atoms with E-state index in [0.29, 0.717) is 12.1 Å². The molecule has 0 saturated heterocycles. The number of Topliss-reactive ketones (excluding diaryl/α,β-unsaturated/α-hetero) is 1. The molecule has 0 amide bonds. The Balaban J connectivity index is 3.03. The number of carbonyl (C=O) groups excluding carboxylic acids is 1. The van der Waals surface area contributed by atoms with E-state index in [9.17, 15) is 9.18 Å². The van der Waals surface area contributed by atoms with E-state index in [2.05, 4.69) is 0 Å². The van der Waals surface area contributed by atoms with Crippen molar-refractivity contribution < 1.29 is 9.18 Å². The minimum atomic E-state index is -0.373. The number of rotatable bonds is 4. The molecular formula is C11H14FNO. The van der Waals surface area contributed by atoms with Gasteiger partial charge in [0.1, 0.15) is 5.82 Å². The Labute approximate surface area is 82.9 Å². The normalized spacial score (nSPS) is 10.2. The van der Waals surface area contributed by atoms with Gasteiger partial charge in [-0.25, -0.2) is 4.39 Å². The minimum Gasteiger partial charge on any atom is -0.330 e. The Kier molecular flexibility index (Phi) is 3.77. The Morgan fingerprint density at radius 2 is 2.21 bits per heavy atom. The molecule has 0 fully saturated rings. The molecular weight excluding hydrogens is 181 g/mol. The first kappa shape index (κ1) is 10.9. The fourth-order valence-electron chi connectivity index (χ4n) is 1.38. The molecule has 2 N–H and O–H groups in total. The van der Waals surface area contributed by atoms with Gasteiger partial charge in [0.15, 0.2) is 5.78 Å².